The summed E-state index contributed by atoms with van der Waals surface area (Å²) in [6.07, 6.45) is 4.95. The number of carbonyl (C=O) groups is 1. The number of rotatable bonds is 4. The van der Waals surface area contributed by atoms with Crippen LogP contribution in [0.2, 0.25) is 0 Å². The predicted molar refractivity (Wildman–Crippen MR) is 99.0 cm³/mol. The van der Waals surface area contributed by atoms with Crippen molar-refractivity contribution in [3.05, 3.63) is 19.2 Å². The number of nitrogens with two attached hydrogens (primary N) is 1. The van der Waals surface area contributed by atoms with Crippen molar-refractivity contribution in [3.63, 3.8) is 0 Å². The molecule has 1 heterocycles. The third-order valence-corrected chi connectivity index (χ3v) is 6.99. The van der Waals surface area contributed by atoms with Crippen LogP contribution in [-0.2, 0) is 0 Å². The monoisotopic (exact) mass is 452 g/mol. The van der Waals surface area contributed by atoms with Gasteiger partial charge in [0, 0.05) is 0 Å². The van der Waals surface area contributed by atoms with E-state index in [1.807, 2.05) is 6.07 Å². The van der Waals surface area contributed by atoms with Crippen molar-refractivity contribution < 1.29 is 4.79 Å². The summed E-state index contributed by atoms with van der Waals surface area (Å²) in [4.78, 5) is 12.9. The van der Waals surface area contributed by atoms with Gasteiger partial charge in [-0.05, 0) is 69.5 Å². The number of thiophene rings is 1. The van der Waals surface area contributed by atoms with Gasteiger partial charge in [-0.25, -0.2) is 0 Å². The summed E-state index contributed by atoms with van der Waals surface area (Å²) in [6, 6.07) is 1.81. The molecule has 1 aliphatic rings. The molecule has 1 aromatic rings. The smallest absolute Gasteiger partial charge is 0.254 e. The van der Waals surface area contributed by atoms with E-state index in [2.05, 4.69) is 44.1 Å². The Labute approximate surface area is 151 Å². The van der Waals surface area contributed by atoms with Crippen LogP contribution in [0.1, 0.15) is 49.4 Å². The van der Waals surface area contributed by atoms with Gasteiger partial charge in [-0.3, -0.25) is 4.79 Å². The fraction of sp³-hybridized carbons (Fsp3) is 0.571. The van der Waals surface area contributed by atoms with Crippen LogP contribution in [0, 0.1) is 5.92 Å². The van der Waals surface area contributed by atoms with E-state index in [0.29, 0.717) is 16.5 Å². The van der Waals surface area contributed by atoms with Gasteiger partial charge in [0.1, 0.15) is 0 Å². The Morgan fingerprint density at radius 3 is 2.57 bits per heavy atom. The van der Waals surface area contributed by atoms with Gasteiger partial charge in [-0.1, -0.05) is 25.6 Å². The second-order valence-corrected chi connectivity index (χ2v) is 9.68. The number of hydrogen-bond acceptors (Lipinski definition) is 3. The molecular weight excluding hydrogens is 436 g/mol. The first kappa shape index (κ1) is 17.4. The maximum Gasteiger partial charge on any atom is 0.254 e. The van der Waals surface area contributed by atoms with E-state index in [1.54, 1.807) is 0 Å². The third kappa shape index (κ3) is 3.86. The van der Waals surface area contributed by atoms with E-state index >= 15 is 0 Å². The van der Waals surface area contributed by atoms with Crippen LogP contribution in [0.3, 0.4) is 0 Å². The summed E-state index contributed by atoms with van der Waals surface area (Å²) in [5.74, 6) is 0.595. The molecule has 1 saturated carbocycles. The maximum absolute atomic E-state index is 12.5. The highest BCUT2D eigenvalue weighted by Gasteiger charge is 2.39. The molecule has 21 heavy (non-hydrogen) atoms. The maximum atomic E-state index is 12.5. The van der Waals surface area contributed by atoms with Crippen molar-refractivity contribution in [1.29, 1.82) is 0 Å². The van der Waals surface area contributed by atoms with E-state index in [0.717, 1.165) is 33.3 Å². The first-order valence-corrected chi connectivity index (χ1v) is 9.76. The minimum Gasteiger partial charge on any atom is -0.391 e. The Kier molecular flexibility index (Phi) is 5.84. The van der Waals surface area contributed by atoms with Crippen LogP contribution in [0.15, 0.2) is 13.6 Å². The largest absolute Gasteiger partial charge is 0.391 e. The summed E-state index contributed by atoms with van der Waals surface area (Å²) in [7, 11) is 0. The molecule has 0 bridgehead atoms. The van der Waals surface area contributed by atoms with Crippen LogP contribution in [0.5, 0.6) is 0 Å². The van der Waals surface area contributed by atoms with Gasteiger partial charge in [0.05, 0.1) is 23.7 Å². The Bertz CT molecular complexity index is 551. The molecule has 0 saturated heterocycles. The van der Waals surface area contributed by atoms with Gasteiger partial charge < -0.3 is 11.1 Å². The molecule has 0 radical (unpaired) electrons. The number of carbonyl (C=O) groups excluding carboxylic acids is 1. The van der Waals surface area contributed by atoms with Gasteiger partial charge in [0.25, 0.3) is 5.91 Å². The molecular formula is C14H18Br2N2OS2. The molecule has 3 nitrogen and oxygen atoms in total. The van der Waals surface area contributed by atoms with Crippen molar-refractivity contribution >= 4 is 66.3 Å². The van der Waals surface area contributed by atoms with Gasteiger partial charge in [0.2, 0.25) is 0 Å². The van der Waals surface area contributed by atoms with Crippen molar-refractivity contribution in [2.24, 2.45) is 11.7 Å². The summed E-state index contributed by atoms with van der Waals surface area (Å²) in [5.41, 5.74) is 6.05. The average Bonchev–Trinajstić information content (AvgIpc) is 2.78. The zero-order valence-corrected chi connectivity index (χ0v) is 16.6. The standard InChI is InChI=1S/C14H18Br2N2OS2/c1-2-8-3-5-14(6-4-8,13(17)20)18-12(19)9-7-10(15)21-11(9)16/h7-8H,2-6H2,1H3,(H2,17,20)(H,18,19). The quantitative estimate of drug-likeness (QED) is 0.653. The van der Waals surface area contributed by atoms with Crippen LogP contribution in [0.4, 0.5) is 0 Å². The molecule has 0 spiro atoms. The topological polar surface area (TPSA) is 55.1 Å². The number of halogens is 2. The molecule has 0 aliphatic heterocycles. The number of nitrogens with one attached hydrogen (secondary N) is 1. The molecule has 0 unspecified atom stereocenters. The normalized spacial score (nSPS) is 25.6. The van der Waals surface area contributed by atoms with E-state index in [-0.39, 0.29) is 5.91 Å². The van der Waals surface area contributed by atoms with Crippen LogP contribution < -0.4 is 11.1 Å². The first-order chi connectivity index (χ1) is 9.88. The summed E-state index contributed by atoms with van der Waals surface area (Å²) in [6.45, 7) is 2.21. The lowest BCUT2D eigenvalue weighted by molar-refractivity contribution is 0.0898. The average molecular weight is 454 g/mol. The summed E-state index contributed by atoms with van der Waals surface area (Å²) < 4.78 is 1.73. The highest BCUT2D eigenvalue weighted by Crippen LogP contribution is 2.36. The minimum atomic E-state index is -0.536. The lowest BCUT2D eigenvalue weighted by Crippen LogP contribution is -2.58. The van der Waals surface area contributed by atoms with Gasteiger partial charge >= 0.3 is 0 Å². The van der Waals surface area contributed by atoms with E-state index in [4.69, 9.17) is 18.0 Å². The van der Waals surface area contributed by atoms with Crippen molar-refractivity contribution in [1.82, 2.24) is 5.32 Å². The van der Waals surface area contributed by atoms with Crippen LogP contribution in [0.25, 0.3) is 0 Å². The van der Waals surface area contributed by atoms with Gasteiger partial charge in [-0.15, -0.1) is 11.3 Å². The molecule has 7 heteroatoms. The lowest BCUT2D eigenvalue weighted by Gasteiger charge is -2.40. The molecule has 0 aromatic carbocycles. The van der Waals surface area contributed by atoms with Crippen molar-refractivity contribution in [3.8, 4) is 0 Å². The molecule has 116 valence electrons. The van der Waals surface area contributed by atoms with E-state index in [1.165, 1.54) is 17.8 Å². The Hall–Kier alpha value is 0.0200. The Morgan fingerprint density at radius 1 is 1.52 bits per heavy atom. The molecule has 1 aromatic heterocycles. The molecule has 2 rings (SSSR count). The summed E-state index contributed by atoms with van der Waals surface area (Å²) in [5, 5.41) is 3.10. The van der Waals surface area contributed by atoms with Crippen molar-refractivity contribution in [2.45, 2.75) is 44.6 Å². The second kappa shape index (κ2) is 7.06. The molecule has 0 atom stereocenters. The van der Waals surface area contributed by atoms with Gasteiger partial charge in [-0.2, -0.15) is 0 Å². The lowest BCUT2D eigenvalue weighted by atomic mass is 9.75. The third-order valence-electron chi connectivity index (χ3n) is 4.26. The predicted octanol–water partition coefficient (Wildman–Crippen LogP) is 4.63. The number of hydrogen-bond donors (Lipinski definition) is 2. The Morgan fingerprint density at radius 2 is 2.14 bits per heavy atom. The SMILES string of the molecule is CCC1CCC(NC(=O)c2cc(Br)sc2Br)(C(N)=S)CC1. The molecule has 1 amide bonds. The zero-order valence-electron chi connectivity index (χ0n) is 11.7. The molecule has 1 fully saturated rings. The minimum absolute atomic E-state index is 0.119. The zero-order chi connectivity index (χ0) is 15.6. The second-order valence-electron chi connectivity index (χ2n) is 5.49. The van der Waals surface area contributed by atoms with Crippen LogP contribution >= 0.6 is 55.4 Å². The van der Waals surface area contributed by atoms with Crippen molar-refractivity contribution in [2.75, 3.05) is 0 Å². The highest BCUT2D eigenvalue weighted by molar-refractivity contribution is 9.12. The Balaban J connectivity index is 2.16. The summed E-state index contributed by atoms with van der Waals surface area (Å²) >= 11 is 13.5. The van der Waals surface area contributed by atoms with E-state index < -0.39 is 5.54 Å². The van der Waals surface area contributed by atoms with Gasteiger partial charge in [0.15, 0.2) is 0 Å². The molecule has 1 aliphatic carbocycles. The fourth-order valence-electron chi connectivity index (χ4n) is 2.79. The number of thiocarbonyl (C=S) groups is 1. The van der Waals surface area contributed by atoms with Crippen LogP contribution in [-0.4, -0.2) is 16.4 Å². The highest BCUT2D eigenvalue weighted by atomic mass is 79.9. The number of amides is 1. The fourth-order valence-corrected chi connectivity index (χ4v) is 5.84. The molecule has 3 N–H and O–H groups in total. The first-order valence-electron chi connectivity index (χ1n) is 6.95. The van der Waals surface area contributed by atoms with E-state index in [9.17, 15) is 4.79 Å².